The molecule has 0 unspecified atom stereocenters. The number of nitrogens with one attached hydrogen (secondary N) is 1. The number of aryl methyl sites for hydroxylation is 2. The summed E-state index contributed by atoms with van der Waals surface area (Å²) in [6.45, 7) is 2.56. The van der Waals surface area contributed by atoms with Crippen molar-refractivity contribution in [1.82, 2.24) is 9.78 Å². The van der Waals surface area contributed by atoms with Crippen molar-refractivity contribution in [3.05, 3.63) is 35.7 Å². The van der Waals surface area contributed by atoms with E-state index in [9.17, 15) is 0 Å². The lowest BCUT2D eigenvalue weighted by atomic mass is 10.2. The predicted molar refractivity (Wildman–Crippen MR) is 91.1 cm³/mol. The molecule has 0 atom stereocenters. The molecule has 1 heterocycles. The summed E-state index contributed by atoms with van der Waals surface area (Å²) in [7, 11) is 5.09. The Morgan fingerprint density at radius 3 is 2.70 bits per heavy atom. The zero-order valence-corrected chi connectivity index (χ0v) is 14.0. The second-order valence-corrected chi connectivity index (χ2v) is 5.02. The molecule has 2 aromatic rings. The third-order valence-electron chi connectivity index (χ3n) is 3.40. The minimum Gasteiger partial charge on any atom is -0.493 e. The summed E-state index contributed by atoms with van der Waals surface area (Å²) in [4.78, 5) is 4.37. The molecular formula is C16H23N5O2. The van der Waals surface area contributed by atoms with Crippen LogP contribution in [-0.2, 0) is 20.0 Å². The summed E-state index contributed by atoms with van der Waals surface area (Å²) in [5.74, 6) is 1.63. The van der Waals surface area contributed by atoms with Crippen LogP contribution in [0.25, 0.3) is 0 Å². The van der Waals surface area contributed by atoms with Crippen molar-refractivity contribution < 1.29 is 9.47 Å². The van der Waals surface area contributed by atoms with Crippen molar-refractivity contribution in [2.24, 2.45) is 17.8 Å². The molecule has 1 aromatic heterocycles. The van der Waals surface area contributed by atoms with Gasteiger partial charge < -0.3 is 20.5 Å². The van der Waals surface area contributed by atoms with Crippen molar-refractivity contribution in [2.75, 3.05) is 19.5 Å². The van der Waals surface area contributed by atoms with E-state index >= 15 is 0 Å². The summed E-state index contributed by atoms with van der Waals surface area (Å²) in [5.41, 5.74) is 8.85. The van der Waals surface area contributed by atoms with Gasteiger partial charge in [0.15, 0.2) is 17.5 Å². The van der Waals surface area contributed by atoms with Crippen LogP contribution in [0, 0.1) is 0 Å². The third kappa shape index (κ3) is 4.15. The van der Waals surface area contributed by atoms with Gasteiger partial charge in [-0.05, 0) is 18.6 Å². The smallest absolute Gasteiger partial charge is 0.193 e. The second-order valence-electron chi connectivity index (χ2n) is 5.02. The number of ether oxygens (including phenoxy) is 2. The van der Waals surface area contributed by atoms with E-state index in [2.05, 4.69) is 22.3 Å². The first-order valence-corrected chi connectivity index (χ1v) is 7.37. The predicted octanol–water partition coefficient (Wildman–Crippen LogP) is 1.93. The number of rotatable bonds is 6. The SMILES string of the molecule is CCc1nn(C)cc1CN=C(N)Nc1ccc(OC)c(OC)c1. The van der Waals surface area contributed by atoms with Crippen LogP contribution in [0.1, 0.15) is 18.2 Å². The van der Waals surface area contributed by atoms with Crippen molar-refractivity contribution >= 4 is 11.6 Å². The first kappa shape index (κ1) is 16.7. The molecule has 2 rings (SSSR count). The van der Waals surface area contributed by atoms with E-state index in [-0.39, 0.29) is 0 Å². The lowest BCUT2D eigenvalue weighted by molar-refractivity contribution is 0.355. The third-order valence-corrected chi connectivity index (χ3v) is 3.40. The average Bonchev–Trinajstić information content (AvgIpc) is 2.92. The summed E-state index contributed by atoms with van der Waals surface area (Å²) < 4.78 is 12.3. The molecule has 0 radical (unpaired) electrons. The molecule has 124 valence electrons. The van der Waals surface area contributed by atoms with Crippen molar-refractivity contribution in [2.45, 2.75) is 19.9 Å². The lowest BCUT2D eigenvalue weighted by Gasteiger charge is -2.10. The Morgan fingerprint density at radius 1 is 1.30 bits per heavy atom. The monoisotopic (exact) mass is 317 g/mol. The Labute approximate surface area is 136 Å². The molecule has 0 aliphatic heterocycles. The van der Waals surface area contributed by atoms with Crippen molar-refractivity contribution in [3.8, 4) is 11.5 Å². The molecule has 0 saturated heterocycles. The van der Waals surface area contributed by atoms with Gasteiger partial charge in [0.25, 0.3) is 0 Å². The summed E-state index contributed by atoms with van der Waals surface area (Å²) in [6, 6.07) is 5.47. The molecule has 0 aliphatic carbocycles. The second kappa shape index (κ2) is 7.53. The topological polar surface area (TPSA) is 86.7 Å². The van der Waals surface area contributed by atoms with E-state index in [1.165, 1.54) is 0 Å². The Hall–Kier alpha value is -2.70. The molecule has 0 saturated carbocycles. The quantitative estimate of drug-likeness (QED) is 0.628. The Kier molecular flexibility index (Phi) is 5.46. The Morgan fingerprint density at radius 2 is 2.04 bits per heavy atom. The fraction of sp³-hybridized carbons (Fsp3) is 0.375. The number of aromatic nitrogens is 2. The number of nitrogens with zero attached hydrogens (tertiary/aromatic N) is 3. The highest BCUT2D eigenvalue weighted by Crippen LogP contribution is 2.29. The van der Waals surface area contributed by atoms with E-state index in [1.807, 2.05) is 31.4 Å². The maximum atomic E-state index is 5.95. The van der Waals surface area contributed by atoms with Gasteiger partial charge >= 0.3 is 0 Å². The maximum absolute atomic E-state index is 5.95. The molecule has 3 N–H and O–H groups in total. The first-order valence-electron chi connectivity index (χ1n) is 7.37. The number of aliphatic imine (C=N–C) groups is 1. The fourth-order valence-corrected chi connectivity index (χ4v) is 2.29. The van der Waals surface area contributed by atoms with Gasteiger partial charge in [0, 0.05) is 30.6 Å². The van der Waals surface area contributed by atoms with Crippen LogP contribution in [0.4, 0.5) is 5.69 Å². The number of methoxy groups -OCH3 is 2. The molecule has 0 fully saturated rings. The van der Waals surface area contributed by atoms with Crippen LogP contribution < -0.4 is 20.5 Å². The van der Waals surface area contributed by atoms with Gasteiger partial charge in [0.2, 0.25) is 0 Å². The van der Waals surface area contributed by atoms with Gasteiger partial charge in [-0.1, -0.05) is 6.92 Å². The van der Waals surface area contributed by atoms with E-state index in [4.69, 9.17) is 15.2 Å². The molecule has 1 aromatic carbocycles. The van der Waals surface area contributed by atoms with E-state index in [0.717, 1.165) is 23.4 Å². The molecule has 7 heteroatoms. The van der Waals surface area contributed by atoms with Gasteiger partial charge in [0.1, 0.15) is 0 Å². The van der Waals surface area contributed by atoms with Gasteiger partial charge in [-0.15, -0.1) is 0 Å². The van der Waals surface area contributed by atoms with Crippen LogP contribution in [0.2, 0.25) is 0 Å². The molecule has 7 nitrogen and oxygen atoms in total. The highest BCUT2D eigenvalue weighted by Gasteiger charge is 2.07. The lowest BCUT2D eigenvalue weighted by Crippen LogP contribution is -2.22. The molecule has 0 spiro atoms. The van der Waals surface area contributed by atoms with Crippen LogP contribution in [-0.4, -0.2) is 30.0 Å². The highest BCUT2D eigenvalue weighted by atomic mass is 16.5. The van der Waals surface area contributed by atoms with Crippen LogP contribution in [0.3, 0.4) is 0 Å². The molecule has 0 bridgehead atoms. The Bertz CT molecular complexity index is 694. The van der Waals surface area contributed by atoms with Crippen LogP contribution >= 0.6 is 0 Å². The summed E-state index contributed by atoms with van der Waals surface area (Å²) in [6.07, 6.45) is 2.83. The number of nitrogens with two attached hydrogens (primary N) is 1. The van der Waals surface area contributed by atoms with E-state index in [1.54, 1.807) is 18.9 Å². The van der Waals surface area contributed by atoms with Crippen LogP contribution in [0.5, 0.6) is 11.5 Å². The minimum absolute atomic E-state index is 0.336. The Balaban J connectivity index is 2.07. The number of guanidine groups is 1. The zero-order chi connectivity index (χ0) is 16.8. The maximum Gasteiger partial charge on any atom is 0.193 e. The summed E-state index contributed by atoms with van der Waals surface area (Å²) in [5, 5.41) is 7.44. The van der Waals surface area contributed by atoms with E-state index in [0.29, 0.717) is 24.0 Å². The fourth-order valence-electron chi connectivity index (χ4n) is 2.29. The summed E-state index contributed by atoms with van der Waals surface area (Å²) >= 11 is 0. The number of hydrogen-bond acceptors (Lipinski definition) is 4. The first-order chi connectivity index (χ1) is 11.1. The molecular weight excluding hydrogens is 294 g/mol. The van der Waals surface area contributed by atoms with Crippen molar-refractivity contribution in [1.29, 1.82) is 0 Å². The van der Waals surface area contributed by atoms with E-state index < -0.39 is 0 Å². The minimum atomic E-state index is 0.336. The number of hydrogen-bond donors (Lipinski definition) is 2. The van der Waals surface area contributed by atoms with Crippen LogP contribution in [0.15, 0.2) is 29.4 Å². The van der Waals surface area contributed by atoms with Gasteiger partial charge in [-0.25, -0.2) is 4.99 Å². The molecule has 0 aliphatic rings. The average molecular weight is 317 g/mol. The van der Waals surface area contributed by atoms with Crippen molar-refractivity contribution in [3.63, 3.8) is 0 Å². The zero-order valence-electron chi connectivity index (χ0n) is 14.0. The standard InChI is InChI=1S/C16H23N5O2/c1-5-13-11(10-21(2)20-13)9-18-16(17)19-12-6-7-14(22-3)15(8-12)23-4/h6-8,10H,5,9H2,1-4H3,(H3,17,18,19). The van der Waals surface area contributed by atoms with Gasteiger partial charge in [-0.3, -0.25) is 4.68 Å². The van der Waals surface area contributed by atoms with Gasteiger partial charge in [-0.2, -0.15) is 5.10 Å². The largest absolute Gasteiger partial charge is 0.493 e. The molecule has 0 amide bonds. The number of anilines is 1. The van der Waals surface area contributed by atoms with Gasteiger partial charge in [0.05, 0.1) is 26.5 Å². The highest BCUT2D eigenvalue weighted by molar-refractivity contribution is 5.92. The normalized spacial score (nSPS) is 11.4. The molecule has 23 heavy (non-hydrogen) atoms. The number of benzene rings is 1.